The van der Waals surface area contributed by atoms with Gasteiger partial charge in [-0.2, -0.15) is 11.8 Å². The Morgan fingerprint density at radius 1 is 1.83 bits per heavy atom. The van der Waals surface area contributed by atoms with Crippen LogP contribution < -0.4 is 11.1 Å². The van der Waals surface area contributed by atoms with Crippen LogP contribution >= 0.6 is 11.8 Å². The van der Waals surface area contributed by atoms with E-state index in [9.17, 15) is 4.79 Å². The van der Waals surface area contributed by atoms with Gasteiger partial charge in [-0.25, -0.2) is 0 Å². The smallest absolute Gasteiger partial charge is 0.234 e. The van der Waals surface area contributed by atoms with Gasteiger partial charge in [0, 0.05) is 0 Å². The minimum Gasteiger partial charge on any atom is -0.368 e. The molecule has 1 fully saturated rings. The van der Waals surface area contributed by atoms with E-state index in [-0.39, 0.29) is 11.9 Å². The molecular weight excluding hydrogens is 172 g/mol. The first-order valence-corrected chi connectivity index (χ1v) is 5.51. The van der Waals surface area contributed by atoms with Crippen LogP contribution in [0.4, 0.5) is 0 Å². The van der Waals surface area contributed by atoms with E-state index < -0.39 is 0 Å². The van der Waals surface area contributed by atoms with E-state index in [0.717, 1.165) is 18.7 Å². The van der Waals surface area contributed by atoms with Gasteiger partial charge in [-0.1, -0.05) is 6.92 Å². The third-order valence-corrected chi connectivity index (χ3v) is 3.36. The van der Waals surface area contributed by atoms with Crippen molar-refractivity contribution in [2.24, 2.45) is 11.7 Å². The molecule has 1 rings (SSSR count). The lowest BCUT2D eigenvalue weighted by atomic mass is 9.99. The number of nitrogens with one attached hydrogen (secondary N) is 1. The summed E-state index contributed by atoms with van der Waals surface area (Å²) in [6, 6.07) is -0.106. The fraction of sp³-hybridized carbons (Fsp3) is 0.875. The molecule has 1 aliphatic heterocycles. The molecule has 0 bridgehead atoms. The largest absolute Gasteiger partial charge is 0.368 e. The summed E-state index contributed by atoms with van der Waals surface area (Å²) in [7, 11) is 0. The minimum atomic E-state index is -0.204. The molecule has 0 aromatic rings. The molecule has 0 aromatic heterocycles. The number of carbonyl (C=O) groups is 1. The molecule has 1 heterocycles. The van der Waals surface area contributed by atoms with Crippen molar-refractivity contribution < 1.29 is 4.79 Å². The summed E-state index contributed by atoms with van der Waals surface area (Å²) >= 11 is 1.91. The normalized spacial score (nSPS) is 25.6. The molecule has 0 aromatic carbocycles. The Morgan fingerprint density at radius 2 is 2.58 bits per heavy atom. The van der Waals surface area contributed by atoms with E-state index in [4.69, 9.17) is 5.73 Å². The highest BCUT2D eigenvalue weighted by Crippen LogP contribution is 2.25. The Hall–Kier alpha value is -0.220. The molecule has 2 atom stereocenters. The van der Waals surface area contributed by atoms with E-state index in [0.29, 0.717) is 5.92 Å². The maximum atomic E-state index is 11.0. The summed E-state index contributed by atoms with van der Waals surface area (Å²) in [6.45, 7) is 2.81. The number of primary amides is 1. The standard InChI is InChI=1S/C8H16N2OS/c1-2-10-7(8(9)11)6-3-4-12-5-6/h6-7,10H,2-5H2,1H3,(H2,9,11). The second-order valence-corrected chi connectivity index (χ2v) is 4.21. The number of hydrogen-bond donors (Lipinski definition) is 2. The number of nitrogens with two attached hydrogens (primary N) is 1. The third-order valence-electron chi connectivity index (χ3n) is 2.17. The molecule has 70 valence electrons. The number of thioether (sulfide) groups is 1. The highest BCUT2D eigenvalue weighted by atomic mass is 32.2. The van der Waals surface area contributed by atoms with Gasteiger partial charge in [0.25, 0.3) is 0 Å². The molecule has 0 saturated carbocycles. The Kier molecular flexibility index (Phi) is 3.88. The molecule has 3 N–H and O–H groups in total. The van der Waals surface area contributed by atoms with Gasteiger partial charge in [-0.05, 0) is 30.4 Å². The summed E-state index contributed by atoms with van der Waals surface area (Å²) in [5.74, 6) is 2.48. The summed E-state index contributed by atoms with van der Waals surface area (Å²) in [4.78, 5) is 11.0. The first-order chi connectivity index (χ1) is 5.75. The van der Waals surface area contributed by atoms with Gasteiger partial charge in [-0.15, -0.1) is 0 Å². The van der Waals surface area contributed by atoms with E-state index >= 15 is 0 Å². The number of rotatable bonds is 4. The lowest BCUT2D eigenvalue weighted by molar-refractivity contribution is -0.121. The molecular formula is C8H16N2OS. The first kappa shape index (κ1) is 9.86. The molecule has 1 aliphatic rings. The van der Waals surface area contributed by atoms with Crippen molar-refractivity contribution in [3.63, 3.8) is 0 Å². The second-order valence-electron chi connectivity index (χ2n) is 3.06. The van der Waals surface area contributed by atoms with Crippen molar-refractivity contribution >= 4 is 17.7 Å². The summed E-state index contributed by atoms with van der Waals surface area (Å²) in [5, 5.41) is 3.14. The van der Waals surface area contributed by atoms with Gasteiger partial charge in [0.15, 0.2) is 0 Å². The molecule has 0 aliphatic carbocycles. The van der Waals surface area contributed by atoms with Crippen LogP contribution in [0.1, 0.15) is 13.3 Å². The van der Waals surface area contributed by atoms with E-state index in [1.165, 1.54) is 5.75 Å². The Morgan fingerprint density at radius 3 is 3.00 bits per heavy atom. The maximum absolute atomic E-state index is 11.0. The second kappa shape index (κ2) is 4.72. The van der Waals surface area contributed by atoms with Gasteiger partial charge >= 0.3 is 0 Å². The van der Waals surface area contributed by atoms with E-state index in [2.05, 4.69) is 5.32 Å². The summed E-state index contributed by atoms with van der Waals surface area (Å²) in [6.07, 6.45) is 1.12. The average molecular weight is 188 g/mol. The van der Waals surface area contributed by atoms with Crippen molar-refractivity contribution in [1.82, 2.24) is 5.32 Å². The zero-order valence-electron chi connectivity index (χ0n) is 7.38. The zero-order valence-corrected chi connectivity index (χ0v) is 8.19. The van der Waals surface area contributed by atoms with Gasteiger partial charge in [0.1, 0.15) is 0 Å². The minimum absolute atomic E-state index is 0.106. The average Bonchev–Trinajstić information content (AvgIpc) is 2.51. The fourth-order valence-corrected chi connectivity index (χ4v) is 2.83. The fourth-order valence-electron chi connectivity index (χ4n) is 1.54. The molecule has 1 saturated heterocycles. The maximum Gasteiger partial charge on any atom is 0.234 e. The molecule has 3 nitrogen and oxygen atoms in total. The quantitative estimate of drug-likeness (QED) is 0.663. The summed E-state index contributed by atoms with van der Waals surface area (Å²) in [5.41, 5.74) is 5.29. The van der Waals surface area contributed by atoms with Crippen LogP contribution in [0.2, 0.25) is 0 Å². The monoisotopic (exact) mass is 188 g/mol. The summed E-state index contributed by atoms with van der Waals surface area (Å²) < 4.78 is 0. The van der Waals surface area contributed by atoms with Gasteiger partial charge in [0.2, 0.25) is 5.91 Å². The van der Waals surface area contributed by atoms with Crippen molar-refractivity contribution in [2.75, 3.05) is 18.1 Å². The van der Waals surface area contributed by atoms with Crippen LogP contribution in [-0.4, -0.2) is 30.0 Å². The van der Waals surface area contributed by atoms with Crippen LogP contribution in [0, 0.1) is 5.92 Å². The van der Waals surface area contributed by atoms with Crippen LogP contribution in [0.5, 0.6) is 0 Å². The molecule has 4 heteroatoms. The third kappa shape index (κ3) is 2.38. The van der Waals surface area contributed by atoms with Crippen LogP contribution in [0.25, 0.3) is 0 Å². The van der Waals surface area contributed by atoms with E-state index in [1.807, 2.05) is 18.7 Å². The Balaban J connectivity index is 2.45. The molecule has 0 radical (unpaired) electrons. The van der Waals surface area contributed by atoms with E-state index in [1.54, 1.807) is 0 Å². The first-order valence-electron chi connectivity index (χ1n) is 4.36. The predicted molar refractivity (Wildman–Crippen MR) is 52.1 cm³/mol. The van der Waals surface area contributed by atoms with Crippen LogP contribution in [0.15, 0.2) is 0 Å². The van der Waals surface area contributed by atoms with Gasteiger partial charge < -0.3 is 11.1 Å². The molecule has 1 amide bonds. The predicted octanol–water partition coefficient (Wildman–Crippen LogP) is 0.203. The van der Waals surface area contributed by atoms with Crippen LogP contribution in [-0.2, 0) is 4.79 Å². The number of likely N-dealkylation sites (N-methyl/N-ethyl adjacent to an activating group) is 1. The van der Waals surface area contributed by atoms with Crippen LogP contribution in [0.3, 0.4) is 0 Å². The molecule has 12 heavy (non-hydrogen) atoms. The van der Waals surface area contributed by atoms with Crippen molar-refractivity contribution in [2.45, 2.75) is 19.4 Å². The SMILES string of the molecule is CCNC(C(N)=O)C1CCSC1. The van der Waals surface area contributed by atoms with Crippen molar-refractivity contribution in [3.05, 3.63) is 0 Å². The number of amides is 1. The highest BCUT2D eigenvalue weighted by molar-refractivity contribution is 7.99. The topological polar surface area (TPSA) is 55.1 Å². The lowest BCUT2D eigenvalue weighted by Crippen LogP contribution is -2.46. The Labute approximate surface area is 77.5 Å². The molecule has 2 unspecified atom stereocenters. The zero-order chi connectivity index (χ0) is 8.97. The molecule has 0 spiro atoms. The highest BCUT2D eigenvalue weighted by Gasteiger charge is 2.28. The number of hydrogen-bond acceptors (Lipinski definition) is 3. The lowest BCUT2D eigenvalue weighted by Gasteiger charge is -2.19. The number of carbonyl (C=O) groups excluding carboxylic acids is 1. The van der Waals surface area contributed by atoms with Gasteiger partial charge in [0.05, 0.1) is 6.04 Å². The van der Waals surface area contributed by atoms with Gasteiger partial charge in [-0.3, -0.25) is 4.79 Å². The Bertz CT molecular complexity index is 157. The van der Waals surface area contributed by atoms with Crippen molar-refractivity contribution in [3.8, 4) is 0 Å². The van der Waals surface area contributed by atoms with Crippen molar-refractivity contribution in [1.29, 1.82) is 0 Å².